The highest BCUT2D eigenvalue weighted by Crippen LogP contribution is 2.38. The van der Waals surface area contributed by atoms with Crippen molar-refractivity contribution in [1.29, 1.82) is 0 Å². The number of aliphatic carboxylic acids is 1. The summed E-state index contributed by atoms with van der Waals surface area (Å²) in [7, 11) is -1.47. The van der Waals surface area contributed by atoms with Crippen molar-refractivity contribution in [2.45, 2.75) is 44.8 Å². The van der Waals surface area contributed by atoms with Crippen LogP contribution in [0.3, 0.4) is 0 Å². The topological polar surface area (TPSA) is 155 Å². The Morgan fingerprint density at radius 3 is 2.48 bits per heavy atom. The lowest BCUT2D eigenvalue weighted by Crippen LogP contribution is -2.38. The highest BCUT2D eigenvalue weighted by atomic mass is 32.2. The van der Waals surface area contributed by atoms with Crippen molar-refractivity contribution in [1.82, 2.24) is 14.6 Å². The molecule has 0 atom stereocenters. The molecule has 0 aliphatic carbocycles. The van der Waals surface area contributed by atoms with Crippen molar-refractivity contribution >= 4 is 44.1 Å². The van der Waals surface area contributed by atoms with Gasteiger partial charge < -0.3 is 25.9 Å². The van der Waals surface area contributed by atoms with Crippen molar-refractivity contribution < 1.29 is 41.0 Å². The number of amides is 1. The summed E-state index contributed by atoms with van der Waals surface area (Å²) in [5, 5.41) is 13.7. The normalized spacial score (nSPS) is 15.0. The van der Waals surface area contributed by atoms with Crippen LogP contribution in [-0.2, 0) is 26.1 Å². The number of hydrogen-bond donors (Lipinski definition) is 4. The average molecular weight is 633 g/mol. The van der Waals surface area contributed by atoms with Crippen LogP contribution in [0.4, 0.5) is 13.2 Å². The standard InChI is InChI=1S/C25H34N4O4S2.C2HF3O2/c1-3-35(31,32)29-8-5-18(6-9-29)22-15-28-24-20(22)12-19(13-21(24)25(26)30)23-11-17(16-34-23)14-27-7-4-10-33-2;3-2(4,5)1(6)7/h11-13,15-16,18,27-28H,3-10,14H2,1-2H3,(H2,26,30);(H,6,7). The van der Waals surface area contributed by atoms with Gasteiger partial charge in [0.1, 0.15) is 0 Å². The number of nitrogens with two attached hydrogens (primary N) is 1. The third-order valence-electron chi connectivity index (χ3n) is 6.95. The number of alkyl halides is 3. The van der Waals surface area contributed by atoms with E-state index in [0.717, 1.165) is 65.9 Å². The predicted octanol–water partition coefficient (Wildman–Crippen LogP) is 4.28. The van der Waals surface area contributed by atoms with E-state index in [2.05, 4.69) is 27.8 Å². The van der Waals surface area contributed by atoms with Gasteiger partial charge in [0.05, 0.1) is 16.8 Å². The smallest absolute Gasteiger partial charge is 0.475 e. The second kappa shape index (κ2) is 14.5. The molecule has 3 aromatic rings. The van der Waals surface area contributed by atoms with Gasteiger partial charge in [-0.3, -0.25) is 4.79 Å². The minimum Gasteiger partial charge on any atom is -0.475 e. The zero-order chi connectivity index (χ0) is 31.1. The summed E-state index contributed by atoms with van der Waals surface area (Å²) in [6.07, 6.45) is -0.661. The Morgan fingerprint density at radius 2 is 1.90 bits per heavy atom. The van der Waals surface area contributed by atoms with E-state index in [1.807, 2.05) is 12.3 Å². The summed E-state index contributed by atoms with van der Waals surface area (Å²) in [4.78, 5) is 25.6. The predicted molar refractivity (Wildman–Crippen MR) is 155 cm³/mol. The van der Waals surface area contributed by atoms with Crippen LogP contribution in [0.5, 0.6) is 0 Å². The number of aromatic amines is 1. The van der Waals surface area contributed by atoms with Crippen molar-refractivity contribution in [3.8, 4) is 10.4 Å². The van der Waals surface area contributed by atoms with E-state index in [0.29, 0.717) is 18.7 Å². The molecule has 0 unspecified atom stereocenters. The molecule has 1 aliphatic rings. The fraction of sp³-hybridized carbons (Fsp3) is 0.481. The molecule has 42 heavy (non-hydrogen) atoms. The third-order valence-corrected chi connectivity index (χ3v) is 9.86. The molecule has 2 aromatic heterocycles. The van der Waals surface area contributed by atoms with Crippen LogP contribution in [0.25, 0.3) is 21.3 Å². The van der Waals surface area contributed by atoms with Crippen molar-refractivity contribution in [2.75, 3.05) is 39.1 Å². The van der Waals surface area contributed by atoms with Gasteiger partial charge in [-0.25, -0.2) is 17.5 Å². The number of H-pyrrole nitrogens is 1. The van der Waals surface area contributed by atoms with E-state index in [-0.39, 0.29) is 11.7 Å². The molecule has 1 saturated heterocycles. The maximum atomic E-state index is 12.3. The molecule has 3 heterocycles. The van der Waals surface area contributed by atoms with Gasteiger partial charge in [0.2, 0.25) is 10.0 Å². The number of primary amides is 1. The molecular weight excluding hydrogens is 597 g/mol. The summed E-state index contributed by atoms with van der Waals surface area (Å²) >= 11 is 1.65. The lowest BCUT2D eigenvalue weighted by Gasteiger charge is -2.31. The van der Waals surface area contributed by atoms with Gasteiger partial charge in [0, 0.05) is 49.8 Å². The second-order valence-electron chi connectivity index (χ2n) is 9.77. The largest absolute Gasteiger partial charge is 0.490 e. The Labute approximate surface area is 246 Å². The number of carboxylic acids is 1. The number of halogens is 3. The number of ether oxygens (including phenoxy) is 1. The lowest BCUT2D eigenvalue weighted by molar-refractivity contribution is -0.192. The summed E-state index contributed by atoms with van der Waals surface area (Å²) < 4.78 is 62.9. The Bertz CT molecular complexity index is 1480. The van der Waals surface area contributed by atoms with Crippen molar-refractivity contribution in [3.63, 3.8) is 0 Å². The highest BCUT2D eigenvalue weighted by molar-refractivity contribution is 7.89. The molecule has 0 bridgehead atoms. The average Bonchev–Trinajstić information content (AvgIpc) is 3.59. The molecule has 0 spiro atoms. The first kappa shape index (κ1) is 33.5. The van der Waals surface area contributed by atoms with Crippen LogP contribution >= 0.6 is 11.3 Å². The number of carbonyl (C=O) groups excluding carboxylic acids is 1. The van der Waals surface area contributed by atoms with Gasteiger partial charge in [-0.15, -0.1) is 11.3 Å². The van der Waals surface area contributed by atoms with E-state index < -0.39 is 28.1 Å². The van der Waals surface area contributed by atoms with Gasteiger partial charge in [-0.05, 0) is 78.9 Å². The number of thiophene rings is 1. The monoisotopic (exact) mass is 632 g/mol. The number of nitrogens with one attached hydrogen (secondary N) is 2. The van der Waals surface area contributed by atoms with Gasteiger partial charge >= 0.3 is 12.1 Å². The summed E-state index contributed by atoms with van der Waals surface area (Å²) in [6, 6.07) is 6.15. The molecule has 232 valence electrons. The number of piperidine rings is 1. The minimum absolute atomic E-state index is 0.127. The maximum Gasteiger partial charge on any atom is 0.490 e. The van der Waals surface area contributed by atoms with Crippen LogP contribution in [0.1, 0.15) is 53.6 Å². The first-order chi connectivity index (χ1) is 19.8. The lowest BCUT2D eigenvalue weighted by atomic mass is 9.89. The molecule has 0 saturated carbocycles. The molecule has 1 aromatic carbocycles. The highest BCUT2D eigenvalue weighted by Gasteiger charge is 2.38. The number of rotatable bonds is 11. The Kier molecular flexibility index (Phi) is 11.5. The zero-order valence-electron chi connectivity index (χ0n) is 23.3. The van der Waals surface area contributed by atoms with Crippen LogP contribution in [-0.4, -0.2) is 80.0 Å². The van der Waals surface area contributed by atoms with Crippen LogP contribution in [0.2, 0.25) is 0 Å². The first-order valence-electron chi connectivity index (χ1n) is 13.3. The minimum atomic E-state index is -5.08. The van der Waals surface area contributed by atoms with E-state index in [9.17, 15) is 26.4 Å². The maximum absolute atomic E-state index is 12.3. The van der Waals surface area contributed by atoms with Crippen LogP contribution < -0.4 is 11.1 Å². The number of nitrogens with zero attached hydrogens (tertiary/aromatic N) is 1. The summed E-state index contributed by atoms with van der Waals surface area (Å²) in [5.74, 6) is -2.88. The van der Waals surface area contributed by atoms with Gasteiger partial charge in [-0.1, -0.05) is 0 Å². The van der Waals surface area contributed by atoms with Gasteiger partial charge in [0.25, 0.3) is 5.91 Å². The van der Waals surface area contributed by atoms with Crippen molar-refractivity contribution in [3.05, 3.63) is 46.5 Å². The van der Waals surface area contributed by atoms with Gasteiger partial charge in [-0.2, -0.15) is 13.2 Å². The van der Waals surface area contributed by atoms with E-state index >= 15 is 0 Å². The van der Waals surface area contributed by atoms with Crippen LogP contribution in [0.15, 0.2) is 29.8 Å². The number of hydrogen-bond acceptors (Lipinski definition) is 7. The third kappa shape index (κ3) is 8.53. The molecule has 10 nitrogen and oxygen atoms in total. The number of fused-ring (bicyclic) bond motifs is 1. The molecule has 0 radical (unpaired) electrons. The fourth-order valence-corrected chi connectivity index (χ4v) is 6.78. The fourth-order valence-electron chi connectivity index (χ4n) is 4.75. The quantitative estimate of drug-likeness (QED) is 0.230. The number of carbonyl (C=O) groups is 2. The molecule has 5 N–H and O–H groups in total. The number of methoxy groups -OCH3 is 1. The SMILES string of the molecule is CCS(=O)(=O)N1CCC(c2c[nH]c3c(C(N)=O)cc(-c4cc(CNCCCOC)cs4)cc23)CC1.O=C(O)C(F)(F)F. The molecule has 1 fully saturated rings. The summed E-state index contributed by atoms with van der Waals surface area (Å²) in [6.45, 7) is 5.12. The van der Waals surface area contributed by atoms with E-state index in [1.54, 1.807) is 29.7 Å². The van der Waals surface area contributed by atoms with Crippen molar-refractivity contribution in [2.24, 2.45) is 5.73 Å². The molecule has 15 heteroatoms. The molecule has 1 aliphatic heterocycles. The molecule has 1 amide bonds. The Hall–Kier alpha value is -2.98. The van der Waals surface area contributed by atoms with Gasteiger partial charge in [0.15, 0.2) is 0 Å². The Balaban J connectivity index is 0.000000616. The van der Waals surface area contributed by atoms with E-state index in [4.69, 9.17) is 20.4 Å². The number of sulfonamides is 1. The second-order valence-corrected chi connectivity index (χ2v) is 12.9. The Morgan fingerprint density at radius 1 is 1.24 bits per heavy atom. The number of carboxylic acid groups (broad SMARTS) is 1. The first-order valence-corrected chi connectivity index (χ1v) is 15.8. The summed E-state index contributed by atoms with van der Waals surface area (Å²) in [5.41, 5.74) is 10.3. The zero-order valence-corrected chi connectivity index (χ0v) is 24.9. The molecule has 4 rings (SSSR count). The number of benzene rings is 1. The van der Waals surface area contributed by atoms with Crippen LogP contribution in [0, 0.1) is 0 Å². The molecular formula is C27H35F3N4O6S2. The number of aromatic nitrogens is 1. The van der Waals surface area contributed by atoms with E-state index in [1.165, 1.54) is 5.56 Å².